The summed E-state index contributed by atoms with van der Waals surface area (Å²) >= 11 is 0. The van der Waals surface area contributed by atoms with E-state index in [0.29, 0.717) is 11.1 Å². The van der Waals surface area contributed by atoms with Crippen LogP contribution in [-0.2, 0) is 18.3 Å². The highest BCUT2D eigenvalue weighted by Crippen LogP contribution is 2.22. The molecule has 0 bridgehead atoms. The van der Waals surface area contributed by atoms with Gasteiger partial charge in [0.2, 0.25) is 0 Å². The topological polar surface area (TPSA) is 55.1 Å². The molecule has 6 heteroatoms. The number of carbonyl (C=O) groups is 1. The van der Waals surface area contributed by atoms with Crippen LogP contribution in [0.5, 0.6) is 0 Å². The Morgan fingerprint density at radius 1 is 1.50 bits per heavy atom. The molecular weight excluding hydrogens is 242 g/mol. The van der Waals surface area contributed by atoms with Gasteiger partial charge in [0.05, 0.1) is 17.4 Å². The fourth-order valence-electron chi connectivity index (χ4n) is 1.75. The Labute approximate surface area is 102 Å². The average Bonchev–Trinajstić information content (AvgIpc) is 2.68. The molecule has 1 aromatic heterocycles. The van der Waals surface area contributed by atoms with Crippen LogP contribution < -0.4 is 0 Å². The van der Waals surface area contributed by atoms with E-state index in [-0.39, 0.29) is 6.42 Å². The predicted octanol–water partition coefficient (Wildman–Crippen LogP) is 2.23. The molecular formula is C12H12F2N2O2. The van der Waals surface area contributed by atoms with E-state index in [1.54, 1.807) is 24.5 Å². The van der Waals surface area contributed by atoms with Gasteiger partial charge < -0.3 is 9.67 Å². The second kappa shape index (κ2) is 4.36. The molecule has 1 N–H and O–H groups in total. The fraction of sp³-hybridized carbons (Fsp3) is 0.333. The number of aryl methyl sites for hydroxylation is 2. The van der Waals surface area contributed by atoms with Crippen LogP contribution in [0, 0.1) is 0 Å². The Kier molecular flexibility index (Phi) is 3.02. The largest absolute Gasteiger partial charge is 0.477 e. The number of aliphatic carboxylic acids is 1. The Bertz CT molecular complexity index is 593. The number of imidazole rings is 1. The second-order valence-corrected chi connectivity index (χ2v) is 4.19. The van der Waals surface area contributed by atoms with Crippen LogP contribution >= 0.6 is 0 Å². The van der Waals surface area contributed by atoms with Gasteiger partial charge in [0.25, 0.3) is 0 Å². The lowest BCUT2D eigenvalue weighted by atomic mass is 10.1. The lowest BCUT2D eigenvalue weighted by Crippen LogP contribution is -2.28. The maximum absolute atomic E-state index is 12.9. The summed E-state index contributed by atoms with van der Waals surface area (Å²) in [5, 5.41) is 8.33. The molecule has 2 rings (SSSR count). The van der Waals surface area contributed by atoms with Gasteiger partial charge in [0.15, 0.2) is 0 Å². The summed E-state index contributed by atoms with van der Waals surface area (Å²) in [6.07, 6.45) is 0.937. The van der Waals surface area contributed by atoms with E-state index in [0.717, 1.165) is 5.52 Å². The number of carboxylic acid groups (broad SMARTS) is 1. The summed E-state index contributed by atoms with van der Waals surface area (Å²) < 4.78 is 27.7. The molecule has 0 aliphatic heterocycles. The summed E-state index contributed by atoms with van der Waals surface area (Å²) in [6.45, 7) is 0. The zero-order valence-corrected chi connectivity index (χ0v) is 9.73. The van der Waals surface area contributed by atoms with Crippen molar-refractivity contribution in [2.75, 3.05) is 0 Å². The van der Waals surface area contributed by atoms with E-state index in [4.69, 9.17) is 5.11 Å². The van der Waals surface area contributed by atoms with Gasteiger partial charge in [0.1, 0.15) is 0 Å². The smallest absolute Gasteiger partial charge is 0.374 e. The van der Waals surface area contributed by atoms with E-state index < -0.39 is 18.3 Å². The van der Waals surface area contributed by atoms with Gasteiger partial charge in [-0.25, -0.2) is 9.78 Å². The van der Waals surface area contributed by atoms with E-state index in [1.165, 1.54) is 0 Å². The maximum Gasteiger partial charge on any atom is 0.374 e. The molecule has 0 unspecified atom stereocenters. The monoisotopic (exact) mass is 254 g/mol. The first-order valence-electron chi connectivity index (χ1n) is 5.41. The number of halogens is 2. The molecule has 0 saturated heterocycles. The summed E-state index contributed by atoms with van der Waals surface area (Å²) in [5.41, 5.74) is 2.28. The zero-order valence-electron chi connectivity index (χ0n) is 9.73. The standard InChI is InChI=1S/C12H12F2N2O2/c1-16-7-15-9-6-8(2-3-10(9)16)4-5-12(13,14)11(17)18/h2-3,6-7H,4-5H2,1H3,(H,17,18). The van der Waals surface area contributed by atoms with Crippen LogP contribution in [0.1, 0.15) is 12.0 Å². The third-order valence-corrected chi connectivity index (χ3v) is 2.83. The molecule has 0 saturated carbocycles. The number of nitrogens with zero attached hydrogens (tertiary/aromatic N) is 2. The third kappa shape index (κ3) is 2.32. The summed E-state index contributed by atoms with van der Waals surface area (Å²) in [5.74, 6) is -5.76. The number of carboxylic acids is 1. The van der Waals surface area contributed by atoms with Gasteiger partial charge in [-0.05, 0) is 24.1 Å². The van der Waals surface area contributed by atoms with Crippen molar-refractivity contribution in [3.63, 3.8) is 0 Å². The van der Waals surface area contributed by atoms with Crippen molar-refractivity contribution in [3.8, 4) is 0 Å². The molecule has 1 aromatic carbocycles. The summed E-state index contributed by atoms with van der Waals surface area (Å²) in [4.78, 5) is 14.4. The van der Waals surface area contributed by atoms with Crippen molar-refractivity contribution in [1.82, 2.24) is 9.55 Å². The number of hydrogen-bond acceptors (Lipinski definition) is 2. The highest BCUT2D eigenvalue weighted by Gasteiger charge is 2.37. The van der Waals surface area contributed by atoms with Crippen molar-refractivity contribution in [2.45, 2.75) is 18.8 Å². The Morgan fingerprint density at radius 3 is 2.89 bits per heavy atom. The predicted molar refractivity (Wildman–Crippen MR) is 61.6 cm³/mol. The van der Waals surface area contributed by atoms with Gasteiger partial charge in [-0.2, -0.15) is 8.78 Å². The molecule has 0 radical (unpaired) electrons. The van der Waals surface area contributed by atoms with Crippen molar-refractivity contribution in [1.29, 1.82) is 0 Å². The Balaban J connectivity index is 2.15. The molecule has 0 spiro atoms. The van der Waals surface area contributed by atoms with Crippen molar-refractivity contribution < 1.29 is 18.7 Å². The van der Waals surface area contributed by atoms with Crippen LogP contribution in [-0.4, -0.2) is 26.5 Å². The molecule has 4 nitrogen and oxygen atoms in total. The van der Waals surface area contributed by atoms with E-state index in [2.05, 4.69) is 4.98 Å². The molecule has 2 aromatic rings. The molecule has 0 aliphatic rings. The van der Waals surface area contributed by atoms with Crippen LogP contribution in [0.2, 0.25) is 0 Å². The minimum atomic E-state index is -3.68. The Hall–Kier alpha value is -1.98. The zero-order chi connectivity index (χ0) is 13.3. The Morgan fingerprint density at radius 2 is 2.22 bits per heavy atom. The number of aromatic nitrogens is 2. The van der Waals surface area contributed by atoms with Crippen molar-refractivity contribution >= 4 is 17.0 Å². The lowest BCUT2D eigenvalue weighted by molar-refractivity contribution is -0.165. The van der Waals surface area contributed by atoms with Crippen LogP contribution in [0.25, 0.3) is 11.0 Å². The van der Waals surface area contributed by atoms with Crippen LogP contribution in [0.15, 0.2) is 24.5 Å². The van der Waals surface area contributed by atoms with Gasteiger partial charge in [-0.15, -0.1) is 0 Å². The molecule has 0 aliphatic carbocycles. The second-order valence-electron chi connectivity index (χ2n) is 4.19. The summed E-state index contributed by atoms with van der Waals surface area (Å²) in [6, 6.07) is 5.20. The SMILES string of the molecule is Cn1cnc2cc(CCC(F)(F)C(=O)O)ccc21. The number of rotatable bonds is 4. The molecule has 96 valence electrons. The maximum atomic E-state index is 12.9. The quantitative estimate of drug-likeness (QED) is 0.910. The van der Waals surface area contributed by atoms with Crippen LogP contribution in [0.4, 0.5) is 8.78 Å². The number of benzene rings is 1. The summed E-state index contributed by atoms with van der Waals surface area (Å²) in [7, 11) is 1.84. The fourth-order valence-corrected chi connectivity index (χ4v) is 1.75. The van der Waals surface area contributed by atoms with E-state index in [9.17, 15) is 13.6 Å². The normalized spacial score (nSPS) is 11.9. The minimum Gasteiger partial charge on any atom is -0.477 e. The highest BCUT2D eigenvalue weighted by atomic mass is 19.3. The highest BCUT2D eigenvalue weighted by molar-refractivity contribution is 5.76. The third-order valence-electron chi connectivity index (χ3n) is 2.83. The molecule has 0 atom stereocenters. The first kappa shape index (κ1) is 12.5. The van der Waals surface area contributed by atoms with Gasteiger partial charge in [-0.3, -0.25) is 0 Å². The average molecular weight is 254 g/mol. The molecule has 0 fully saturated rings. The van der Waals surface area contributed by atoms with E-state index >= 15 is 0 Å². The number of hydrogen-bond donors (Lipinski definition) is 1. The molecule has 0 amide bonds. The van der Waals surface area contributed by atoms with Gasteiger partial charge in [-0.1, -0.05) is 6.07 Å². The van der Waals surface area contributed by atoms with E-state index in [1.807, 2.05) is 11.6 Å². The minimum absolute atomic E-state index is 0.00577. The van der Waals surface area contributed by atoms with Crippen molar-refractivity contribution in [2.24, 2.45) is 7.05 Å². The number of alkyl halides is 2. The first-order valence-corrected chi connectivity index (χ1v) is 5.41. The van der Waals surface area contributed by atoms with Gasteiger partial charge >= 0.3 is 11.9 Å². The number of fused-ring (bicyclic) bond motifs is 1. The molecule has 1 heterocycles. The lowest BCUT2D eigenvalue weighted by Gasteiger charge is -2.10. The molecule has 18 heavy (non-hydrogen) atoms. The van der Waals surface area contributed by atoms with Crippen molar-refractivity contribution in [3.05, 3.63) is 30.1 Å². The first-order chi connectivity index (χ1) is 8.40. The van der Waals surface area contributed by atoms with Gasteiger partial charge in [0, 0.05) is 13.5 Å². The van der Waals surface area contributed by atoms with Crippen LogP contribution in [0.3, 0.4) is 0 Å².